The van der Waals surface area contributed by atoms with Gasteiger partial charge in [-0.25, -0.2) is 4.39 Å². The molecule has 2 rings (SSSR count). The second-order valence-electron chi connectivity index (χ2n) is 3.55. The van der Waals surface area contributed by atoms with Gasteiger partial charge in [0.1, 0.15) is 5.88 Å². The fourth-order valence-corrected chi connectivity index (χ4v) is 1.85. The van der Waals surface area contributed by atoms with Crippen molar-refractivity contribution in [2.24, 2.45) is 0 Å². The van der Waals surface area contributed by atoms with E-state index in [4.69, 9.17) is 16.3 Å². The van der Waals surface area contributed by atoms with Crippen molar-refractivity contribution >= 4 is 17.5 Å². The number of para-hydroxylation sites is 1. The van der Waals surface area contributed by atoms with Gasteiger partial charge < -0.3 is 10.1 Å². The molecule has 86 valence electrons. The second-order valence-corrected chi connectivity index (χ2v) is 3.82. The number of fused-ring (bicyclic) bond motifs is 1. The third kappa shape index (κ3) is 2.11. The van der Waals surface area contributed by atoms with E-state index in [-0.39, 0.29) is 23.6 Å². The molecule has 0 aliphatic carbocycles. The number of benzene rings is 1. The molecule has 0 bridgehead atoms. The van der Waals surface area contributed by atoms with Crippen LogP contribution in [0.2, 0.25) is 0 Å². The molecular weight excluding hydrogens is 233 g/mol. The quantitative estimate of drug-likeness (QED) is 0.807. The largest absolute Gasteiger partial charge is 0.490 e. The summed E-state index contributed by atoms with van der Waals surface area (Å²) in [5.41, 5.74) is 0.671. The van der Waals surface area contributed by atoms with Crippen molar-refractivity contribution in [2.75, 3.05) is 12.5 Å². The Morgan fingerprint density at radius 1 is 1.62 bits per heavy atom. The smallest absolute Gasteiger partial charge is 0.235 e. The van der Waals surface area contributed by atoms with Crippen LogP contribution in [0.25, 0.3) is 0 Å². The number of nitrogens with one attached hydrogen (secondary N) is 1. The number of hydrogen-bond acceptors (Lipinski definition) is 2. The van der Waals surface area contributed by atoms with Crippen LogP contribution in [0, 0.1) is 5.82 Å². The Kier molecular flexibility index (Phi) is 3.29. The molecule has 1 aliphatic rings. The van der Waals surface area contributed by atoms with Gasteiger partial charge in [0.15, 0.2) is 11.6 Å². The maximum atomic E-state index is 13.4. The highest BCUT2D eigenvalue weighted by Crippen LogP contribution is 2.33. The molecule has 5 heteroatoms. The Morgan fingerprint density at radius 2 is 2.44 bits per heavy atom. The van der Waals surface area contributed by atoms with Gasteiger partial charge >= 0.3 is 0 Å². The minimum atomic E-state index is -0.401. The third-order valence-corrected chi connectivity index (χ3v) is 2.73. The Morgan fingerprint density at radius 3 is 3.19 bits per heavy atom. The lowest BCUT2D eigenvalue weighted by atomic mass is 10.0. The normalized spacial score (nSPS) is 18.5. The number of alkyl halides is 1. The number of halogens is 2. The summed E-state index contributed by atoms with van der Waals surface area (Å²) in [7, 11) is 0. The van der Waals surface area contributed by atoms with E-state index < -0.39 is 5.82 Å². The number of carbonyl (C=O) groups is 1. The van der Waals surface area contributed by atoms with E-state index in [1.807, 2.05) is 0 Å². The van der Waals surface area contributed by atoms with E-state index in [0.29, 0.717) is 18.6 Å². The number of amides is 1. The van der Waals surface area contributed by atoms with Crippen molar-refractivity contribution in [3.8, 4) is 5.75 Å². The highest BCUT2D eigenvalue weighted by molar-refractivity contribution is 6.27. The second kappa shape index (κ2) is 4.70. The molecule has 1 atom stereocenters. The molecule has 0 spiro atoms. The maximum Gasteiger partial charge on any atom is 0.235 e. The van der Waals surface area contributed by atoms with Crippen molar-refractivity contribution in [1.29, 1.82) is 0 Å². The molecule has 1 amide bonds. The van der Waals surface area contributed by atoms with E-state index in [1.54, 1.807) is 12.1 Å². The van der Waals surface area contributed by atoms with Crippen LogP contribution in [0.1, 0.15) is 18.0 Å². The molecule has 1 aromatic carbocycles. The Bertz CT molecular complexity index is 411. The van der Waals surface area contributed by atoms with Crippen molar-refractivity contribution < 1.29 is 13.9 Å². The summed E-state index contributed by atoms with van der Waals surface area (Å²) >= 11 is 5.41. The van der Waals surface area contributed by atoms with Crippen LogP contribution >= 0.6 is 11.6 Å². The van der Waals surface area contributed by atoms with Crippen LogP contribution in [0.15, 0.2) is 18.2 Å². The molecule has 0 saturated carbocycles. The summed E-state index contributed by atoms with van der Waals surface area (Å²) in [5, 5.41) is 2.73. The van der Waals surface area contributed by atoms with Gasteiger partial charge in [0.2, 0.25) is 5.91 Å². The van der Waals surface area contributed by atoms with Gasteiger partial charge in [0.25, 0.3) is 0 Å². The minimum Gasteiger partial charge on any atom is -0.490 e. The molecule has 16 heavy (non-hydrogen) atoms. The molecular formula is C11H11ClFNO2. The van der Waals surface area contributed by atoms with Crippen LogP contribution in [0.5, 0.6) is 5.75 Å². The zero-order chi connectivity index (χ0) is 11.5. The lowest BCUT2D eigenvalue weighted by Gasteiger charge is -2.26. The van der Waals surface area contributed by atoms with Crippen molar-refractivity contribution in [1.82, 2.24) is 5.32 Å². The summed E-state index contributed by atoms with van der Waals surface area (Å²) in [4.78, 5) is 11.2. The highest BCUT2D eigenvalue weighted by Gasteiger charge is 2.24. The molecule has 3 nitrogen and oxygen atoms in total. The zero-order valence-corrected chi connectivity index (χ0v) is 9.26. The number of carbonyl (C=O) groups excluding carboxylic acids is 1. The number of rotatable bonds is 2. The van der Waals surface area contributed by atoms with Crippen LogP contribution < -0.4 is 10.1 Å². The number of ether oxygens (including phenoxy) is 1. The van der Waals surface area contributed by atoms with E-state index in [2.05, 4.69) is 5.32 Å². The summed E-state index contributed by atoms with van der Waals surface area (Å²) in [6, 6.07) is 4.47. The molecule has 0 unspecified atom stereocenters. The fraction of sp³-hybridized carbons (Fsp3) is 0.364. The minimum absolute atomic E-state index is 0.0952. The van der Waals surface area contributed by atoms with Crippen molar-refractivity contribution in [2.45, 2.75) is 12.5 Å². The van der Waals surface area contributed by atoms with E-state index in [9.17, 15) is 9.18 Å². The van der Waals surface area contributed by atoms with E-state index in [0.717, 1.165) is 0 Å². The SMILES string of the molecule is O=C(CCl)N[C@@H]1CCOc2c(F)cccc21. The third-order valence-electron chi connectivity index (χ3n) is 2.48. The topological polar surface area (TPSA) is 38.3 Å². The average molecular weight is 244 g/mol. The van der Waals surface area contributed by atoms with Crippen LogP contribution in [-0.2, 0) is 4.79 Å². The van der Waals surface area contributed by atoms with Gasteiger partial charge in [-0.2, -0.15) is 0 Å². The van der Waals surface area contributed by atoms with Gasteiger partial charge in [-0.1, -0.05) is 12.1 Å². The fourth-order valence-electron chi connectivity index (χ4n) is 1.77. The summed E-state index contributed by atoms with van der Waals surface area (Å²) < 4.78 is 18.6. The van der Waals surface area contributed by atoms with Gasteiger partial charge in [-0.3, -0.25) is 4.79 Å². The van der Waals surface area contributed by atoms with Gasteiger partial charge in [-0.05, 0) is 6.07 Å². The summed E-state index contributed by atoms with van der Waals surface area (Å²) in [6.07, 6.45) is 0.624. The average Bonchev–Trinajstić information content (AvgIpc) is 2.30. The summed E-state index contributed by atoms with van der Waals surface area (Å²) in [6.45, 7) is 0.390. The van der Waals surface area contributed by atoms with E-state index >= 15 is 0 Å². The number of hydrogen-bond donors (Lipinski definition) is 1. The molecule has 0 radical (unpaired) electrons. The van der Waals surface area contributed by atoms with Crippen molar-refractivity contribution in [3.63, 3.8) is 0 Å². The molecule has 0 saturated heterocycles. The first-order valence-electron chi connectivity index (χ1n) is 4.99. The maximum absolute atomic E-state index is 13.4. The molecule has 1 aliphatic heterocycles. The van der Waals surface area contributed by atoms with Gasteiger partial charge in [-0.15, -0.1) is 11.6 Å². The van der Waals surface area contributed by atoms with Crippen LogP contribution in [0.3, 0.4) is 0 Å². The van der Waals surface area contributed by atoms with Gasteiger partial charge in [0.05, 0.1) is 12.6 Å². The first kappa shape index (κ1) is 11.2. The monoisotopic (exact) mass is 243 g/mol. The highest BCUT2D eigenvalue weighted by atomic mass is 35.5. The molecule has 0 fully saturated rings. The Hall–Kier alpha value is -1.29. The van der Waals surface area contributed by atoms with Gasteiger partial charge in [0, 0.05) is 12.0 Å². The lowest BCUT2D eigenvalue weighted by molar-refractivity contribution is -0.119. The predicted molar refractivity (Wildman–Crippen MR) is 58.1 cm³/mol. The molecule has 1 aromatic rings. The Balaban J connectivity index is 2.26. The zero-order valence-electron chi connectivity index (χ0n) is 8.50. The van der Waals surface area contributed by atoms with Crippen LogP contribution in [-0.4, -0.2) is 18.4 Å². The first-order valence-corrected chi connectivity index (χ1v) is 5.52. The first-order chi connectivity index (χ1) is 7.72. The standard InChI is InChI=1S/C11H11ClFNO2/c12-6-10(15)14-9-4-5-16-11-7(9)2-1-3-8(11)13/h1-3,9H,4-6H2,(H,14,15)/t9-/m1/s1. The molecule has 0 aromatic heterocycles. The van der Waals surface area contributed by atoms with Crippen molar-refractivity contribution in [3.05, 3.63) is 29.6 Å². The summed E-state index contributed by atoms with van der Waals surface area (Å²) in [5.74, 6) is -0.526. The predicted octanol–water partition coefficient (Wildman–Crippen LogP) is 2.00. The molecule has 1 N–H and O–H groups in total. The Labute approximate surface area is 97.5 Å². The van der Waals surface area contributed by atoms with E-state index in [1.165, 1.54) is 6.07 Å². The molecule has 1 heterocycles. The van der Waals surface area contributed by atoms with Crippen LogP contribution in [0.4, 0.5) is 4.39 Å². The lowest BCUT2D eigenvalue weighted by Crippen LogP contribution is -2.33.